The van der Waals surface area contributed by atoms with Gasteiger partial charge in [-0.05, 0) is 31.4 Å². The summed E-state index contributed by atoms with van der Waals surface area (Å²) in [7, 11) is 0. The number of hydrogen-bond acceptors (Lipinski definition) is 6. The molecule has 31 heavy (non-hydrogen) atoms. The van der Waals surface area contributed by atoms with E-state index in [1.807, 2.05) is 4.90 Å². The Kier molecular flexibility index (Phi) is 5.48. The first kappa shape index (κ1) is 20.2. The van der Waals surface area contributed by atoms with Crippen molar-refractivity contribution in [3.63, 3.8) is 0 Å². The molecule has 2 aliphatic heterocycles. The Morgan fingerprint density at radius 3 is 2.71 bits per heavy atom. The second-order valence-corrected chi connectivity index (χ2v) is 8.56. The predicted molar refractivity (Wildman–Crippen MR) is 118 cm³/mol. The molecular formula is C23H28FN5O2. The van der Waals surface area contributed by atoms with Gasteiger partial charge in [-0.1, -0.05) is 18.6 Å². The molecule has 1 amide bonds. The highest BCUT2D eigenvalue weighted by molar-refractivity contribution is 5.91. The lowest BCUT2D eigenvalue weighted by molar-refractivity contribution is -0.138. The molecule has 1 aromatic heterocycles. The van der Waals surface area contributed by atoms with Crippen LogP contribution in [0.15, 0.2) is 30.9 Å². The molecule has 3 heterocycles. The summed E-state index contributed by atoms with van der Waals surface area (Å²) in [6.07, 6.45) is 5.68. The van der Waals surface area contributed by atoms with Gasteiger partial charge in [-0.3, -0.25) is 4.79 Å². The smallest absolute Gasteiger partial charge is 0.225 e. The van der Waals surface area contributed by atoms with Gasteiger partial charge in [-0.25, -0.2) is 9.37 Å². The zero-order valence-electron chi connectivity index (χ0n) is 17.6. The summed E-state index contributed by atoms with van der Waals surface area (Å²) >= 11 is 0. The molecule has 1 aliphatic carbocycles. The Morgan fingerprint density at radius 1 is 1.19 bits per heavy atom. The fourth-order valence-electron chi connectivity index (χ4n) is 4.63. The van der Waals surface area contributed by atoms with E-state index in [1.165, 1.54) is 6.07 Å². The number of anilines is 2. The topological polar surface area (TPSA) is 70.6 Å². The number of benzene rings is 1. The number of halogens is 1. The number of aromatic nitrogens is 2. The third-order valence-corrected chi connectivity index (χ3v) is 6.68. The molecule has 0 spiro atoms. The third kappa shape index (κ3) is 3.84. The number of nitrogens with one attached hydrogen (secondary N) is 1. The van der Waals surface area contributed by atoms with Crippen molar-refractivity contribution in [2.75, 3.05) is 43.0 Å². The number of amides is 1. The van der Waals surface area contributed by atoms with Gasteiger partial charge in [0.1, 0.15) is 11.6 Å². The van der Waals surface area contributed by atoms with Crippen molar-refractivity contribution in [1.82, 2.24) is 14.9 Å². The molecule has 8 heteroatoms. The SMILES string of the molecule is C=C[C@@H]1OCC[C@H]1Nc1nc(N2CCN(C(=O)C3CCC3)CC2)c2c(F)cccc2n1. The van der Waals surface area contributed by atoms with Crippen molar-refractivity contribution in [1.29, 1.82) is 0 Å². The zero-order chi connectivity index (χ0) is 21.4. The predicted octanol–water partition coefficient (Wildman–Crippen LogP) is 2.97. The van der Waals surface area contributed by atoms with Crippen molar-refractivity contribution in [2.45, 2.75) is 37.8 Å². The summed E-state index contributed by atoms with van der Waals surface area (Å²) in [5.74, 6) is 1.17. The molecule has 0 unspecified atom stereocenters. The van der Waals surface area contributed by atoms with E-state index in [9.17, 15) is 9.18 Å². The lowest BCUT2D eigenvalue weighted by atomic mass is 9.84. The summed E-state index contributed by atoms with van der Waals surface area (Å²) in [6.45, 7) is 7.00. The zero-order valence-corrected chi connectivity index (χ0v) is 17.6. The highest BCUT2D eigenvalue weighted by Gasteiger charge is 2.32. The van der Waals surface area contributed by atoms with Crippen LogP contribution in [0.25, 0.3) is 10.9 Å². The Labute approximate surface area is 181 Å². The fourth-order valence-corrected chi connectivity index (χ4v) is 4.63. The highest BCUT2D eigenvalue weighted by atomic mass is 19.1. The van der Waals surface area contributed by atoms with Crippen LogP contribution in [0, 0.1) is 11.7 Å². The first-order valence-corrected chi connectivity index (χ1v) is 11.1. The molecule has 0 bridgehead atoms. The first-order valence-electron chi connectivity index (χ1n) is 11.1. The molecule has 1 saturated carbocycles. The van der Waals surface area contributed by atoms with Crippen molar-refractivity contribution < 1.29 is 13.9 Å². The molecule has 2 atom stereocenters. The Morgan fingerprint density at radius 2 is 2.00 bits per heavy atom. The van der Waals surface area contributed by atoms with Gasteiger partial charge in [0.2, 0.25) is 11.9 Å². The number of nitrogens with zero attached hydrogens (tertiary/aromatic N) is 4. The second kappa shape index (κ2) is 8.42. The molecule has 1 aromatic carbocycles. The molecule has 164 valence electrons. The Bertz CT molecular complexity index is 987. The lowest BCUT2D eigenvalue weighted by Gasteiger charge is -2.39. The molecule has 3 aliphatic rings. The molecule has 1 N–H and O–H groups in total. The summed E-state index contributed by atoms with van der Waals surface area (Å²) in [6, 6.07) is 4.95. The van der Waals surface area contributed by atoms with Crippen LogP contribution in [0.2, 0.25) is 0 Å². The van der Waals surface area contributed by atoms with E-state index in [1.54, 1.807) is 18.2 Å². The molecular weight excluding hydrogens is 397 g/mol. The van der Waals surface area contributed by atoms with Crippen molar-refractivity contribution in [3.05, 3.63) is 36.7 Å². The average molecular weight is 426 g/mol. The van der Waals surface area contributed by atoms with Crippen LogP contribution in [0.5, 0.6) is 0 Å². The van der Waals surface area contributed by atoms with Crippen LogP contribution < -0.4 is 10.2 Å². The molecule has 2 aromatic rings. The second-order valence-electron chi connectivity index (χ2n) is 8.56. The summed E-state index contributed by atoms with van der Waals surface area (Å²) in [4.78, 5) is 25.9. The fraction of sp³-hybridized carbons (Fsp3) is 0.522. The third-order valence-electron chi connectivity index (χ3n) is 6.68. The molecule has 7 nitrogen and oxygen atoms in total. The summed E-state index contributed by atoms with van der Waals surface area (Å²) in [5, 5.41) is 3.78. The average Bonchev–Trinajstić information content (AvgIpc) is 3.19. The van der Waals surface area contributed by atoms with E-state index in [2.05, 4.69) is 21.8 Å². The van der Waals surface area contributed by atoms with Crippen LogP contribution in [0.4, 0.5) is 16.2 Å². The van der Waals surface area contributed by atoms with Crippen LogP contribution in [-0.4, -0.2) is 65.7 Å². The van der Waals surface area contributed by atoms with Crippen molar-refractivity contribution in [3.8, 4) is 0 Å². The largest absolute Gasteiger partial charge is 0.372 e. The normalized spacial score (nSPS) is 24.3. The van der Waals surface area contributed by atoms with E-state index in [0.29, 0.717) is 55.5 Å². The highest BCUT2D eigenvalue weighted by Crippen LogP contribution is 2.31. The van der Waals surface area contributed by atoms with Crippen molar-refractivity contribution >= 4 is 28.6 Å². The van der Waals surface area contributed by atoms with Gasteiger partial charge < -0.3 is 19.9 Å². The molecule has 3 fully saturated rings. The van der Waals surface area contributed by atoms with Crippen LogP contribution in [0.1, 0.15) is 25.7 Å². The lowest BCUT2D eigenvalue weighted by Crippen LogP contribution is -2.51. The monoisotopic (exact) mass is 425 g/mol. The Balaban J connectivity index is 1.40. The minimum atomic E-state index is -0.333. The van der Waals surface area contributed by atoms with E-state index < -0.39 is 0 Å². The van der Waals surface area contributed by atoms with Gasteiger partial charge in [0.25, 0.3) is 0 Å². The van der Waals surface area contributed by atoms with E-state index in [0.717, 1.165) is 25.7 Å². The number of ether oxygens (including phenoxy) is 1. The van der Waals surface area contributed by atoms with E-state index in [4.69, 9.17) is 9.72 Å². The van der Waals surface area contributed by atoms with Gasteiger partial charge in [0.15, 0.2) is 0 Å². The molecule has 5 rings (SSSR count). The molecule has 2 saturated heterocycles. The van der Waals surface area contributed by atoms with Crippen LogP contribution in [0.3, 0.4) is 0 Å². The van der Waals surface area contributed by atoms with E-state index in [-0.39, 0.29) is 29.8 Å². The van der Waals surface area contributed by atoms with Gasteiger partial charge in [0, 0.05) is 38.7 Å². The number of carbonyl (C=O) groups is 1. The standard InChI is InChI=1S/C23H28FN5O2/c1-2-19-17(9-14-31-19)25-23-26-18-8-4-7-16(24)20(18)21(27-23)28-10-12-29(13-11-28)22(30)15-5-3-6-15/h2,4,7-8,15,17,19H,1,3,5-6,9-14H2,(H,25,26,27)/t17-,19+/m1/s1. The van der Waals surface area contributed by atoms with Gasteiger partial charge in [0.05, 0.1) is 23.0 Å². The first-order chi connectivity index (χ1) is 15.1. The number of rotatable bonds is 5. The number of piperazine rings is 1. The van der Waals surface area contributed by atoms with Gasteiger partial charge in [-0.15, -0.1) is 6.58 Å². The number of fused-ring (bicyclic) bond motifs is 1. The summed E-state index contributed by atoms with van der Waals surface area (Å²) < 4.78 is 20.5. The minimum Gasteiger partial charge on any atom is -0.372 e. The minimum absolute atomic E-state index is 0.0355. The van der Waals surface area contributed by atoms with E-state index >= 15 is 0 Å². The van der Waals surface area contributed by atoms with Crippen LogP contribution >= 0.6 is 0 Å². The quantitative estimate of drug-likeness (QED) is 0.743. The maximum Gasteiger partial charge on any atom is 0.225 e. The van der Waals surface area contributed by atoms with Crippen molar-refractivity contribution in [2.24, 2.45) is 5.92 Å². The number of hydrogen-bond donors (Lipinski definition) is 1. The van der Waals surface area contributed by atoms with Gasteiger partial charge in [-0.2, -0.15) is 4.98 Å². The Hall–Kier alpha value is -2.74. The van der Waals surface area contributed by atoms with Crippen LogP contribution in [-0.2, 0) is 9.53 Å². The molecule has 0 radical (unpaired) electrons. The number of carbonyl (C=O) groups excluding carboxylic acids is 1. The maximum absolute atomic E-state index is 14.8. The maximum atomic E-state index is 14.8. The summed E-state index contributed by atoms with van der Waals surface area (Å²) in [5.41, 5.74) is 0.564. The van der Waals surface area contributed by atoms with Gasteiger partial charge >= 0.3 is 0 Å².